The van der Waals surface area contributed by atoms with Crippen LogP contribution in [0, 0.1) is 29.7 Å². The van der Waals surface area contributed by atoms with Crippen LogP contribution in [0.1, 0.15) is 48.9 Å². The fourth-order valence-corrected chi connectivity index (χ4v) is 4.56. The van der Waals surface area contributed by atoms with E-state index in [0.717, 1.165) is 48.4 Å². The molecule has 4 aromatic heterocycles. The summed E-state index contributed by atoms with van der Waals surface area (Å²) in [6, 6.07) is 10.1. The summed E-state index contributed by atoms with van der Waals surface area (Å²) in [6.45, 7) is 5.49. The third-order valence-electron chi connectivity index (χ3n) is 6.41. The Kier molecular flexibility index (Phi) is 5.60. The lowest BCUT2D eigenvalue weighted by atomic mass is 10.0. The first-order chi connectivity index (χ1) is 16.6. The number of likely N-dealkylation sites (tertiary alicyclic amines) is 1. The monoisotopic (exact) mass is 452 g/mol. The van der Waals surface area contributed by atoms with Crippen LogP contribution in [0.3, 0.4) is 0 Å². The number of hydrogen-bond donors (Lipinski definition) is 0. The van der Waals surface area contributed by atoms with Crippen molar-refractivity contribution in [2.75, 3.05) is 13.1 Å². The summed E-state index contributed by atoms with van der Waals surface area (Å²) in [6.07, 6.45) is 10.8. The Hall–Kier alpha value is -4.37. The molecule has 0 N–H and O–H groups in total. The van der Waals surface area contributed by atoms with Crippen LogP contribution in [0.2, 0.25) is 0 Å². The van der Waals surface area contributed by atoms with Crippen LogP contribution in [0.4, 0.5) is 0 Å². The van der Waals surface area contributed by atoms with Crippen molar-refractivity contribution in [2.45, 2.75) is 38.8 Å². The highest BCUT2D eigenvalue weighted by Gasteiger charge is 2.24. The van der Waals surface area contributed by atoms with E-state index in [1.54, 1.807) is 21.8 Å². The maximum absolute atomic E-state index is 9.61. The lowest BCUT2D eigenvalue weighted by molar-refractivity contribution is 0.224. The number of nitrogens with zero attached hydrogens (tertiary/aromatic N) is 8. The molecule has 0 amide bonds. The van der Waals surface area contributed by atoms with Crippen LogP contribution < -0.4 is 4.74 Å². The summed E-state index contributed by atoms with van der Waals surface area (Å²) in [5.74, 6) is 0.569. The van der Waals surface area contributed by atoms with Crippen LogP contribution in [0.5, 0.6) is 5.75 Å². The zero-order valence-corrected chi connectivity index (χ0v) is 19.1. The zero-order valence-electron chi connectivity index (χ0n) is 19.1. The molecule has 1 atom stereocenters. The Morgan fingerprint density at radius 2 is 1.97 bits per heavy atom. The van der Waals surface area contributed by atoms with E-state index in [1.807, 2.05) is 43.6 Å². The largest absolute Gasteiger partial charge is 0.482 e. The minimum Gasteiger partial charge on any atom is -0.482 e. The van der Waals surface area contributed by atoms with Gasteiger partial charge in [-0.3, -0.25) is 9.67 Å². The van der Waals surface area contributed by atoms with E-state index in [9.17, 15) is 5.26 Å². The normalized spacial score (nSPS) is 15.1. The van der Waals surface area contributed by atoms with Crippen molar-refractivity contribution in [1.82, 2.24) is 29.3 Å². The van der Waals surface area contributed by atoms with Gasteiger partial charge in [0.2, 0.25) is 0 Å². The van der Waals surface area contributed by atoms with E-state index < -0.39 is 0 Å². The molecule has 1 aliphatic heterocycles. The van der Waals surface area contributed by atoms with Gasteiger partial charge < -0.3 is 9.64 Å². The highest BCUT2D eigenvalue weighted by Crippen LogP contribution is 2.35. The number of aromatic nitrogens is 5. The predicted octanol–water partition coefficient (Wildman–Crippen LogP) is 4.03. The highest BCUT2D eigenvalue weighted by atomic mass is 16.5. The molecule has 170 valence electrons. The Morgan fingerprint density at radius 1 is 1.15 bits per heavy atom. The Balaban J connectivity index is 1.52. The number of ether oxygens (including phenoxy) is 1. The second-order valence-corrected chi connectivity index (χ2v) is 8.48. The first kappa shape index (κ1) is 21.5. The lowest BCUT2D eigenvalue weighted by Gasteiger charge is -2.29. The summed E-state index contributed by atoms with van der Waals surface area (Å²) in [5, 5.41) is 27.8. The quantitative estimate of drug-likeness (QED) is 0.421. The second-order valence-electron chi connectivity index (χ2n) is 8.48. The van der Waals surface area contributed by atoms with Crippen molar-refractivity contribution < 1.29 is 4.74 Å². The first-order valence-corrected chi connectivity index (χ1v) is 11.3. The second kappa shape index (κ2) is 8.87. The smallest absolute Gasteiger partial charge is 0.179 e. The molecule has 9 heteroatoms. The molecule has 0 unspecified atom stereocenters. The van der Waals surface area contributed by atoms with E-state index >= 15 is 0 Å². The van der Waals surface area contributed by atoms with Crippen molar-refractivity contribution >= 4 is 5.52 Å². The zero-order chi connectivity index (χ0) is 23.7. The average Bonchev–Trinajstić information content (AvgIpc) is 3.48. The van der Waals surface area contributed by atoms with Gasteiger partial charge in [0.25, 0.3) is 0 Å². The SMILES string of the molecule is Cc1c(-c2cc(O[C@H](C)c3ccccn3)c3c(C#N)cnn3c2)cnn1C1CCN(C#N)CC1. The van der Waals surface area contributed by atoms with E-state index in [1.165, 1.54) is 0 Å². The van der Waals surface area contributed by atoms with Crippen molar-refractivity contribution in [3.63, 3.8) is 0 Å². The van der Waals surface area contributed by atoms with E-state index in [4.69, 9.17) is 10.00 Å². The molecule has 5 rings (SSSR count). The maximum atomic E-state index is 9.61. The minimum absolute atomic E-state index is 0.261. The molecular formula is C25H24N8O. The molecule has 0 saturated carbocycles. The number of pyridine rings is 2. The molecule has 0 radical (unpaired) electrons. The third-order valence-corrected chi connectivity index (χ3v) is 6.41. The minimum atomic E-state index is -0.309. The molecule has 1 aliphatic rings. The standard InChI is InChI=1S/C25H24N8O/c1-17-22(14-30-33(17)21-6-9-31(16-27)10-7-21)19-11-24(25-20(12-26)13-29-32(25)15-19)34-18(2)23-5-3-4-8-28-23/h3-5,8,11,13-15,18,21H,6-7,9-10H2,1-2H3/t18-/m1/s1. The molecular weight excluding hydrogens is 428 g/mol. The van der Waals surface area contributed by atoms with Crippen molar-refractivity contribution in [1.29, 1.82) is 10.5 Å². The van der Waals surface area contributed by atoms with Crippen LogP contribution in [0.15, 0.2) is 49.1 Å². The van der Waals surface area contributed by atoms with Gasteiger partial charge in [-0.25, -0.2) is 4.52 Å². The van der Waals surface area contributed by atoms with Crippen molar-refractivity contribution in [3.05, 3.63) is 66.0 Å². The van der Waals surface area contributed by atoms with E-state index in [-0.39, 0.29) is 12.1 Å². The summed E-state index contributed by atoms with van der Waals surface area (Å²) >= 11 is 0. The van der Waals surface area contributed by atoms with Gasteiger partial charge in [0.15, 0.2) is 6.19 Å². The number of hydrogen-bond acceptors (Lipinski definition) is 7. The summed E-state index contributed by atoms with van der Waals surface area (Å²) in [5.41, 5.74) is 4.81. The predicted molar refractivity (Wildman–Crippen MR) is 125 cm³/mol. The lowest BCUT2D eigenvalue weighted by Crippen LogP contribution is -2.31. The van der Waals surface area contributed by atoms with Crippen LogP contribution in [-0.4, -0.2) is 42.4 Å². The Bertz CT molecular complexity index is 1400. The third kappa shape index (κ3) is 3.82. The molecule has 0 aromatic carbocycles. The first-order valence-electron chi connectivity index (χ1n) is 11.3. The molecule has 9 nitrogen and oxygen atoms in total. The van der Waals surface area contributed by atoms with Gasteiger partial charge in [0, 0.05) is 42.3 Å². The molecule has 0 aliphatic carbocycles. The molecule has 0 spiro atoms. The van der Waals surface area contributed by atoms with Crippen LogP contribution >= 0.6 is 0 Å². The Labute approximate surface area is 197 Å². The molecule has 0 bridgehead atoms. The highest BCUT2D eigenvalue weighted by molar-refractivity contribution is 5.76. The number of fused-ring (bicyclic) bond motifs is 1. The van der Waals surface area contributed by atoms with Gasteiger partial charge in [-0.2, -0.15) is 20.7 Å². The van der Waals surface area contributed by atoms with Crippen molar-refractivity contribution in [2.24, 2.45) is 0 Å². The number of rotatable bonds is 5. The van der Waals surface area contributed by atoms with Gasteiger partial charge in [-0.15, -0.1) is 0 Å². The molecule has 1 saturated heterocycles. The van der Waals surface area contributed by atoms with Gasteiger partial charge in [-0.05, 0) is 44.9 Å². The summed E-state index contributed by atoms with van der Waals surface area (Å²) < 4.78 is 10.1. The molecule has 34 heavy (non-hydrogen) atoms. The number of piperidine rings is 1. The fourth-order valence-electron chi connectivity index (χ4n) is 4.56. The van der Waals surface area contributed by atoms with E-state index in [0.29, 0.717) is 16.8 Å². The Morgan fingerprint density at radius 3 is 2.68 bits per heavy atom. The van der Waals surface area contributed by atoms with Crippen LogP contribution in [-0.2, 0) is 0 Å². The van der Waals surface area contributed by atoms with Gasteiger partial charge in [0.05, 0.1) is 24.1 Å². The maximum Gasteiger partial charge on any atom is 0.179 e. The van der Waals surface area contributed by atoms with Crippen LogP contribution in [0.25, 0.3) is 16.6 Å². The molecule has 1 fully saturated rings. The average molecular weight is 453 g/mol. The topological polar surface area (TPSA) is 108 Å². The summed E-state index contributed by atoms with van der Waals surface area (Å²) in [4.78, 5) is 6.19. The van der Waals surface area contributed by atoms with E-state index in [2.05, 4.69) is 39.0 Å². The van der Waals surface area contributed by atoms with Gasteiger partial charge in [-0.1, -0.05) is 6.07 Å². The molecule has 5 heterocycles. The number of nitriles is 2. The van der Waals surface area contributed by atoms with Gasteiger partial charge >= 0.3 is 0 Å². The summed E-state index contributed by atoms with van der Waals surface area (Å²) in [7, 11) is 0. The van der Waals surface area contributed by atoms with Gasteiger partial charge in [0.1, 0.15) is 29.0 Å². The van der Waals surface area contributed by atoms with Crippen molar-refractivity contribution in [3.8, 4) is 29.1 Å². The molecule has 4 aromatic rings. The fraction of sp³-hybridized carbons (Fsp3) is 0.320.